The second-order valence-electron chi connectivity index (χ2n) is 11.9. The molecule has 0 aliphatic rings. The number of carbonyl (C=O) groups is 2. The molecule has 1 atom stereocenters. The summed E-state index contributed by atoms with van der Waals surface area (Å²) in [5.74, 6) is -0.369. The van der Waals surface area contributed by atoms with Gasteiger partial charge in [-0.3, -0.25) is 9.59 Å². The third-order valence-electron chi connectivity index (χ3n) is 7.56. The number of alkyl halides is 1. The van der Waals surface area contributed by atoms with Gasteiger partial charge in [-0.25, -0.2) is 0 Å². The van der Waals surface area contributed by atoms with E-state index in [1.54, 1.807) is 0 Å². The van der Waals surface area contributed by atoms with Crippen LogP contribution in [0.15, 0.2) is 48.6 Å². The van der Waals surface area contributed by atoms with Crippen molar-refractivity contribution in [3.8, 4) is 0 Å². The molecule has 0 aromatic carbocycles. The van der Waals surface area contributed by atoms with E-state index in [2.05, 4.69) is 62.5 Å². The lowest BCUT2D eigenvalue weighted by molar-refractivity contribution is -0.157. The molecule has 0 aliphatic heterocycles. The van der Waals surface area contributed by atoms with Crippen molar-refractivity contribution in [3.05, 3.63) is 48.6 Å². The summed E-state index contributed by atoms with van der Waals surface area (Å²) >= 11 is 5.95. The van der Waals surface area contributed by atoms with E-state index < -0.39 is 6.10 Å². The van der Waals surface area contributed by atoms with Crippen LogP contribution in [0.1, 0.15) is 168 Å². The van der Waals surface area contributed by atoms with Crippen molar-refractivity contribution in [2.24, 2.45) is 0 Å². The van der Waals surface area contributed by atoms with Gasteiger partial charge in [0.15, 0.2) is 0 Å². The number of hydrogen-bond donors (Lipinski definition) is 0. The summed E-state index contributed by atoms with van der Waals surface area (Å²) in [6, 6.07) is 0. The molecule has 1 unspecified atom stereocenters. The Hall–Kier alpha value is -1.81. The molecule has 4 nitrogen and oxygen atoms in total. The second kappa shape index (κ2) is 35.7. The van der Waals surface area contributed by atoms with Crippen LogP contribution < -0.4 is 0 Å². The molecule has 0 spiro atoms. The quantitative estimate of drug-likeness (QED) is 0.0319. The van der Waals surface area contributed by atoms with Crippen LogP contribution in [0.4, 0.5) is 0 Å². The van der Waals surface area contributed by atoms with Gasteiger partial charge in [-0.2, -0.15) is 0 Å². The van der Waals surface area contributed by atoms with Crippen LogP contribution in [-0.4, -0.2) is 30.5 Å². The molecule has 0 radical (unpaired) electrons. The molecule has 0 N–H and O–H groups in total. The molecule has 5 heteroatoms. The Morgan fingerprint density at radius 1 is 0.523 bits per heavy atom. The molecule has 0 saturated heterocycles. The summed E-state index contributed by atoms with van der Waals surface area (Å²) < 4.78 is 10.8. The van der Waals surface area contributed by atoms with Crippen LogP contribution in [0.2, 0.25) is 0 Å². The van der Waals surface area contributed by atoms with E-state index in [1.807, 2.05) is 0 Å². The van der Waals surface area contributed by atoms with Crippen LogP contribution in [-0.2, 0) is 19.1 Å². The zero-order chi connectivity index (χ0) is 32.2. The van der Waals surface area contributed by atoms with Crippen molar-refractivity contribution in [2.45, 2.75) is 174 Å². The average Bonchev–Trinajstić information content (AvgIpc) is 3.02. The maximum absolute atomic E-state index is 12.2. The molecule has 0 amide bonds. The highest BCUT2D eigenvalue weighted by Crippen LogP contribution is 2.11. The average molecular weight is 635 g/mol. The fourth-order valence-electron chi connectivity index (χ4n) is 4.77. The zero-order valence-electron chi connectivity index (χ0n) is 28.6. The summed E-state index contributed by atoms with van der Waals surface area (Å²) in [5, 5.41) is 0. The summed E-state index contributed by atoms with van der Waals surface area (Å²) in [6.07, 6.45) is 43.7. The molecular weight excluding hydrogens is 568 g/mol. The monoisotopic (exact) mass is 634 g/mol. The minimum Gasteiger partial charge on any atom is -0.462 e. The molecule has 44 heavy (non-hydrogen) atoms. The molecule has 0 aliphatic carbocycles. The third kappa shape index (κ3) is 33.1. The number of esters is 2. The van der Waals surface area contributed by atoms with Gasteiger partial charge in [0, 0.05) is 12.8 Å². The van der Waals surface area contributed by atoms with Gasteiger partial charge in [-0.15, -0.1) is 11.6 Å². The molecule has 254 valence electrons. The minimum atomic E-state index is -0.573. The van der Waals surface area contributed by atoms with Gasteiger partial charge in [0.2, 0.25) is 0 Å². The number of ether oxygens (including phenoxy) is 2. The smallest absolute Gasteiger partial charge is 0.306 e. The first-order chi connectivity index (χ1) is 21.6. The number of hydrogen-bond acceptors (Lipinski definition) is 4. The first-order valence-corrected chi connectivity index (χ1v) is 18.7. The lowest BCUT2D eigenvalue weighted by Crippen LogP contribution is -2.26. The first kappa shape index (κ1) is 42.2. The summed E-state index contributed by atoms with van der Waals surface area (Å²) in [5.41, 5.74) is 0. The van der Waals surface area contributed by atoms with Gasteiger partial charge >= 0.3 is 11.9 Å². The summed E-state index contributed by atoms with van der Waals surface area (Å²) in [7, 11) is 0. The largest absolute Gasteiger partial charge is 0.462 e. The number of unbranched alkanes of at least 4 members (excludes halogenated alkanes) is 16. The van der Waals surface area contributed by atoms with Crippen molar-refractivity contribution >= 4 is 23.5 Å². The van der Waals surface area contributed by atoms with E-state index in [1.165, 1.54) is 77.0 Å². The van der Waals surface area contributed by atoms with Crippen molar-refractivity contribution in [1.29, 1.82) is 0 Å². The predicted octanol–water partition coefficient (Wildman–Crippen LogP) is 12.3. The van der Waals surface area contributed by atoms with Gasteiger partial charge in [-0.1, -0.05) is 127 Å². The van der Waals surface area contributed by atoms with Gasteiger partial charge in [0.25, 0.3) is 0 Å². The van der Waals surface area contributed by atoms with Crippen LogP contribution in [0.25, 0.3) is 0 Å². The second-order valence-corrected chi connectivity index (χ2v) is 12.2. The van der Waals surface area contributed by atoms with Crippen LogP contribution in [0, 0.1) is 0 Å². The topological polar surface area (TPSA) is 52.6 Å². The summed E-state index contributed by atoms with van der Waals surface area (Å²) in [6.45, 7) is 4.51. The zero-order valence-corrected chi connectivity index (χ0v) is 29.3. The molecule has 0 aromatic heterocycles. The van der Waals surface area contributed by atoms with Crippen LogP contribution in [0.3, 0.4) is 0 Å². The maximum Gasteiger partial charge on any atom is 0.306 e. The molecular formula is C39H67ClO4. The van der Waals surface area contributed by atoms with Gasteiger partial charge in [-0.05, 0) is 77.0 Å². The third-order valence-corrected chi connectivity index (χ3v) is 7.91. The van der Waals surface area contributed by atoms with E-state index in [0.717, 1.165) is 64.2 Å². The molecule has 0 rings (SSSR count). The van der Waals surface area contributed by atoms with Gasteiger partial charge in [0.05, 0.1) is 5.88 Å². The first-order valence-electron chi connectivity index (χ1n) is 18.1. The number of rotatable bonds is 32. The highest BCUT2D eigenvalue weighted by molar-refractivity contribution is 6.18. The van der Waals surface area contributed by atoms with E-state index in [9.17, 15) is 9.59 Å². The van der Waals surface area contributed by atoms with Gasteiger partial charge < -0.3 is 9.47 Å². The highest BCUT2D eigenvalue weighted by atomic mass is 35.5. The Balaban J connectivity index is 3.64. The Bertz CT molecular complexity index is 755. The highest BCUT2D eigenvalue weighted by Gasteiger charge is 2.16. The van der Waals surface area contributed by atoms with E-state index in [0.29, 0.717) is 12.8 Å². The van der Waals surface area contributed by atoms with Gasteiger partial charge in [0.1, 0.15) is 12.7 Å². The Labute approximate surface area is 277 Å². The standard InChI is InChI=1S/C39H67ClO4/c1-3-5-7-9-11-13-15-17-19-21-23-25-27-29-31-33-38(41)43-36-37(35-40)44-39(42)34-32-30-28-26-24-22-20-18-16-14-12-10-8-6-4-2/h11-14,17-20,37H,3-10,15-16,21-36H2,1-2H3/b13-11+,14-12+,19-17+,20-18+. The molecule has 0 aromatic rings. The lowest BCUT2D eigenvalue weighted by Gasteiger charge is -2.15. The fraction of sp³-hybridized carbons (Fsp3) is 0.744. The van der Waals surface area contributed by atoms with E-state index in [-0.39, 0.29) is 24.4 Å². The molecule has 0 bridgehead atoms. The van der Waals surface area contributed by atoms with Crippen LogP contribution >= 0.6 is 11.6 Å². The molecule has 0 fully saturated rings. The van der Waals surface area contributed by atoms with Crippen LogP contribution in [0.5, 0.6) is 0 Å². The van der Waals surface area contributed by atoms with Crippen molar-refractivity contribution in [3.63, 3.8) is 0 Å². The summed E-state index contributed by atoms with van der Waals surface area (Å²) in [4.78, 5) is 24.3. The molecule has 0 heterocycles. The number of halogens is 1. The molecule has 0 saturated carbocycles. The Kier molecular flexibility index (Phi) is 34.2. The minimum absolute atomic E-state index is 0.0382. The van der Waals surface area contributed by atoms with Crippen molar-refractivity contribution in [2.75, 3.05) is 12.5 Å². The number of carbonyl (C=O) groups excluding carboxylic acids is 2. The van der Waals surface area contributed by atoms with E-state index >= 15 is 0 Å². The lowest BCUT2D eigenvalue weighted by atomic mass is 10.1. The normalized spacial score (nSPS) is 12.7. The Morgan fingerprint density at radius 2 is 0.909 bits per heavy atom. The maximum atomic E-state index is 12.2. The fourth-order valence-corrected chi connectivity index (χ4v) is 4.93. The SMILES string of the molecule is CCCCC/C=C/C/C=C/CCCCCCCC(=O)OCC(CCl)OC(=O)CCCCCCC/C=C/C/C=C/CCCCC. The Morgan fingerprint density at radius 3 is 1.34 bits per heavy atom. The van der Waals surface area contributed by atoms with Crippen molar-refractivity contribution in [1.82, 2.24) is 0 Å². The van der Waals surface area contributed by atoms with E-state index in [4.69, 9.17) is 21.1 Å². The predicted molar refractivity (Wildman–Crippen MR) is 190 cm³/mol. The number of allylic oxidation sites excluding steroid dienone is 8. The van der Waals surface area contributed by atoms with Crippen molar-refractivity contribution < 1.29 is 19.1 Å².